The first-order chi connectivity index (χ1) is 10.6. The molecule has 1 heterocycles. The second kappa shape index (κ2) is 8.33. The van der Waals surface area contributed by atoms with Crippen LogP contribution in [0.3, 0.4) is 0 Å². The minimum Gasteiger partial charge on any atom is -0.465 e. The Labute approximate surface area is 130 Å². The fraction of sp³-hybridized carbons (Fsp3) is 0.867. The van der Waals surface area contributed by atoms with Crippen molar-refractivity contribution in [2.75, 3.05) is 26.2 Å². The summed E-state index contributed by atoms with van der Waals surface area (Å²) in [6, 6.07) is 0.388. The van der Waals surface area contributed by atoms with Gasteiger partial charge in [0.25, 0.3) is 0 Å². The first kappa shape index (κ1) is 17.0. The van der Waals surface area contributed by atoms with Gasteiger partial charge >= 0.3 is 12.1 Å². The zero-order valence-corrected chi connectivity index (χ0v) is 12.9. The standard InChI is InChI=1S/C15H26N2O5/c18-13-5-3-12(4-6-13)16-7-9-22-14(19)11-2-1-8-17(10-11)15(20)21/h11-13,16,18H,1-10H2,(H,20,21). The summed E-state index contributed by atoms with van der Waals surface area (Å²) in [6.07, 6.45) is 3.80. The normalized spacial score (nSPS) is 29.1. The van der Waals surface area contributed by atoms with Crippen LogP contribution in [-0.2, 0) is 9.53 Å². The molecule has 1 saturated heterocycles. The topological polar surface area (TPSA) is 99.1 Å². The maximum absolute atomic E-state index is 12.0. The lowest BCUT2D eigenvalue weighted by Gasteiger charge is -2.29. The van der Waals surface area contributed by atoms with E-state index in [-0.39, 0.29) is 24.5 Å². The molecule has 126 valence electrons. The summed E-state index contributed by atoms with van der Waals surface area (Å²) >= 11 is 0. The molecule has 3 N–H and O–H groups in total. The number of aliphatic hydroxyl groups is 1. The van der Waals surface area contributed by atoms with Gasteiger partial charge in [-0.3, -0.25) is 4.79 Å². The monoisotopic (exact) mass is 314 g/mol. The molecule has 1 aliphatic heterocycles. The van der Waals surface area contributed by atoms with Gasteiger partial charge in [-0.15, -0.1) is 0 Å². The lowest BCUT2D eigenvalue weighted by Crippen LogP contribution is -2.42. The van der Waals surface area contributed by atoms with Crippen LogP contribution in [0.25, 0.3) is 0 Å². The van der Waals surface area contributed by atoms with E-state index in [4.69, 9.17) is 9.84 Å². The number of piperidine rings is 1. The SMILES string of the molecule is O=C(OCCNC1CCC(O)CC1)C1CCCN(C(=O)O)C1. The molecule has 1 aliphatic carbocycles. The molecule has 1 saturated carbocycles. The predicted molar refractivity (Wildman–Crippen MR) is 79.5 cm³/mol. The van der Waals surface area contributed by atoms with Gasteiger partial charge in [0.2, 0.25) is 0 Å². The summed E-state index contributed by atoms with van der Waals surface area (Å²) in [6.45, 7) is 1.64. The van der Waals surface area contributed by atoms with E-state index in [0.29, 0.717) is 38.6 Å². The number of carbonyl (C=O) groups is 2. The largest absolute Gasteiger partial charge is 0.465 e. The van der Waals surface area contributed by atoms with E-state index >= 15 is 0 Å². The van der Waals surface area contributed by atoms with Crippen molar-refractivity contribution in [3.05, 3.63) is 0 Å². The van der Waals surface area contributed by atoms with E-state index < -0.39 is 6.09 Å². The number of likely N-dealkylation sites (tertiary alicyclic amines) is 1. The lowest BCUT2D eigenvalue weighted by molar-refractivity contribution is -0.150. The molecule has 1 atom stereocenters. The molecule has 2 fully saturated rings. The molecule has 2 aliphatic rings. The number of rotatable bonds is 5. The van der Waals surface area contributed by atoms with E-state index in [1.165, 1.54) is 4.90 Å². The van der Waals surface area contributed by atoms with Crippen molar-refractivity contribution in [2.45, 2.75) is 50.7 Å². The highest BCUT2D eigenvalue weighted by molar-refractivity contribution is 5.74. The molecule has 7 nitrogen and oxygen atoms in total. The second-order valence-electron chi connectivity index (χ2n) is 6.19. The molecule has 1 unspecified atom stereocenters. The lowest BCUT2D eigenvalue weighted by atomic mass is 9.93. The van der Waals surface area contributed by atoms with Gasteiger partial charge in [-0.05, 0) is 38.5 Å². The fourth-order valence-electron chi connectivity index (χ4n) is 3.16. The Morgan fingerprint density at radius 3 is 2.59 bits per heavy atom. The van der Waals surface area contributed by atoms with E-state index in [2.05, 4.69) is 5.32 Å². The molecule has 22 heavy (non-hydrogen) atoms. The van der Waals surface area contributed by atoms with Crippen LogP contribution in [0.2, 0.25) is 0 Å². The first-order valence-electron chi connectivity index (χ1n) is 8.12. The van der Waals surface area contributed by atoms with Crippen LogP contribution in [0, 0.1) is 5.92 Å². The van der Waals surface area contributed by atoms with E-state index in [0.717, 1.165) is 25.7 Å². The van der Waals surface area contributed by atoms with Crippen molar-refractivity contribution in [1.29, 1.82) is 0 Å². The van der Waals surface area contributed by atoms with Crippen LogP contribution in [0.5, 0.6) is 0 Å². The number of esters is 1. The van der Waals surface area contributed by atoms with Gasteiger partial charge in [0.1, 0.15) is 6.61 Å². The second-order valence-corrected chi connectivity index (χ2v) is 6.19. The Bertz CT molecular complexity index is 382. The van der Waals surface area contributed by atoms with E-state index in [1.54, 1.807) is 0 Å². The van der Waals surface area contributed by atoms with Gasteiger partial charge in [0.05, 0.1) is 12.0 Å². The maximum Gasteiger partial charge on any atom is 0.407 e. The predicted octanol–water partition coefficient (Wildman–Crippen LogP) is 0.813. The third-order valence-electron chi connectivity index (χ3n) is 4.50. The average molecular weight is 314 g/mol. The number of hydrogen-bond donors (Lipinski definition) is 3. The molecule has 7 heteroatoms. The number of nitrogens with zero attached hydrogens (tertiary/aromatic N) is 1. The van der Waals surface area contributed by atoms with Gasteiger partial charge in [-0.2, -0.15) is 0 Å². The van der Waals surface area contributed by atoms with Gasteiger partial charge in [-0.25, -0.2) is 4.79 Å². The highest BCUT2D eigenvalue weighted by atomic mass is 16.5. The minimum atomic E-state index is -0.973. The Hall–Kier alpha value is -1.34. The highest BCUT2D eigenvalue weighted by Crippen LogP contribution is 2.19. The van der Waals surface area contributed by atoms with Gasteiger partial charge in [0.15, 0.2) is 0 Å². The van der Waals surface area contributed by atoms with E-state index in [9.17, 15) is 14.7 Å². The molecule has 0 aromatic carbocycles. The summed E-state index contributed by atoms with van der Waals surface area (Å²) in [4.78, 5) is 24.2. The average Bonchev–Trinajstić information content (AvgIpc) is 2.53. The molecule has 0 aromatic rings. The number of hydrogen-bond acceptors (Lipinski definition) is 5. The number of ether oxygens (including phenoxy) is 1. The summed E-state index contributed by atoms with van der Waals surface area (Å²) in [5, 5.41) is 21.7. The van der Waals surface area contributed by atoms with Crippen molar-refractivity contribution in [3.63, 3.8) is 0 Å². The van der Waals surface area contributed by atoms with Crippen LogP contribution >= 0.6 is 0 Å². The molecule has 0 aromatic heterocycles. The van der Waals surface area contributed by atoms with Crippen LogP contribution in [0.4, 0.5) is 4.79 Å². The Morgan fingerprint density at radius 1 is 1.18 bits per heavy atom. The van der Waals surface area contributed by atoms with Crippen LogP contribution in [-0.4, -0.2) is 65.6 Å². The van der Waals surface area contributed by atoms with Gasteiger partial charge < -0.3 is 25.2 Å². The quantitative estimate of drug-likeness (QED) is 0.513. The van der Waals surface area contributed by atoms with Gasteiger partial charge in [0, 0.05) is 25.7 Å². The smallest absolute Gasteiger partial charge is 0.407 e. The van der Waals surface area contributed by atoms with Gasteiger partial charge in [-0.1, -0.05) is 0 Å². The van der Waals surface area contributed by atoms with Crippen molar-refractivity contribution in [2.24, 2.45) is 5.92 Å². The summed E-state index contributed by atoms with van der Waals surface area (Å²) in [7, 11) is 0. The fourth-order valence-corrected chi connectivity index (χ4v) is 3.16. The zero-order valence-electron chi connectivity index (χ0n) is 12.9. The zero-order chi connectivity index (χ0) is 15.9. The number of carboxylic acid groups (broad SMARTS) is 1. The third kappa shape index (κ3) is 5.14. The van der Waals surface area contributed by atoms with E-state index in [1.807, 2.05) is 0 Å². The first-order valence-corrected chi connectivity index (χ1v) is 8.12. The van der Waals surface area contributed by atoms with Crippen molar-refractivity contribution >= 4 is 12.1 Å². The van der Waals surface area contributed by atoms with Crippen LogP contribution < -0.4 is 5.32 Å². The van der Waals surface area contributed by atoms with Crippen molar-refractivity contribution < 1.29 is 24.5 Å². The molecule has 0 bridgehead atoms. The Balaban J connectivity index is 1.60. The summed E-state index contributed by atoms with van der Waals surface area (Å²) in [5.41, 5.74) is 0. The van der Waals surface area contributed by atoms with Crippen LogP contribution in [0.1, 0.15) is 38.5 Å². The number of aliphatic hydroxyl groups excluding tert-OH is 1. The highest BCUT2D eigenvalue weighted by Gasteiger charge is 2.29. The maximum atomic E-state index is 12.0. The Kier molecular flexibility index (Phi) is 6.45. The van der Waals surface area contributed by atoms with Crippen LogP contribution in [0.15, 0.2) is 0 Å². The summed E-state index contributed by atoms with van der Waals surface area (Å²) in [5.74, 6) is -0.638. The summed E-state index contributed by atoms with van der Waals surface area (Å²) < 4.78 is 5.25. The Morgan fingerprint density at radius 2 is 1.91 bits per heavy atom. The minimum absolute atomic E-state index is 0.167. The van der Waals surface area contributed by atoms with Crippen molar-refractivity contribution in [3.8, 4) is 0 Å². The number of amides is 1. The molecule has 0 spiro atoms. The molecular formula is C15H26N2O5. The third-order valence-corrected chi connectivity index (χ3v) is 4.50. The number of carbonyl (C=O) groups excluding carboxylic acids is 1. The molecule has 2 rings (SSSR count). The number of nitrogens with one attached hydrogen (secondary N) is 1. The van der Waals surface area contributed by atoms with Crippen molar-refractivity contribution in [1.82, 2.24) is 10.2 Å². The molecule has 0 radical (unpaired) electrons. The molecule has 1 amide bonds. The molecular weight excluding hydrogens is 288 g/mol.